The van der Waals surface area contributed by atoms with Crippen molar-refractivity contribution in [3.63, 3.8) is 0 Å². The largest absolute Gasteiger partial charge is 0.397 e. The number of Topliss-reactive ketones (excluding diaryl/α,β-unsaturated/α-hetero) is 1. The van der Waals surface area contributed by atoms with E-state index in [9.17, 15) is 14.0 Å². The minimum absolute atomic E-state index is 0.0118. The number of aliphatic imine (C=N–C) groups is 1. The fraction of sp³-hybridized carbons (Fsp3) is 0.263. The third kappa shape index (κ3) is 3.68. The maximum Gasteiger partial charge on any atom is 0.231 e. The number of carbonyl (C=O) groups is 2. The molecule has 4 N–H and O–H groups in total. The zero-order valence-corrected chi connectivity index (χ0v) is 16.1. The molecule has 1 aliphatic rings. The van der Waals surface area contributed by atoms with Crippen LogP contribution in [0, 0.1) is 5.82 Å². The third-order valence-corrected chi connectivity index (χ3v) is 4.90. The van der Waals surface area contributed by atoms with Crippen LogP contribution in [0.5, 0.6) is 0 Å². The Bertz CT molecular complexity index is 1010. The van der Waals surface area contributed by atoms with Crippen molar-refractivity contribution in [2.24, 2.45) is 10.7 Å². The Labute approximate surface area is 166 Å². The topological polar surface area (TPSA) is 115 Å². The minimum Gasteiger partial charge on any atom is -0.397 e. The van der Waals surface area contributed by atoms with Crippen LogP contribution in [0.15, 0.2) is 35.5 Å². The molecule has 1 atom stereocenters. The summed E-state index contributed by atoms with van der Waals surface area (Å²) in [5.74, 6) is -1.12. The van der Waals surface area contributed by atoms with Crippen LogP contribution in [-0.4, -0.2) is 34.6 Å². The number of amides is 1. The molecule has 0 saturated heterocycles. The Morgan fingerprint density at radius 1 is 1.36 bits per heavy atom. The molecule has 0 fully saturated rings. The molecule has 2 heterocycles. The maximum atomic E-state index is 14.6. The van der Waals surface area contributed by atoms with Gasteiger partial charge in [-0.3, -0.25) is 14.5 Å². The molecule has 1 unspecified atom stereocenters. The lowest BCUT2D eigenvalue weighted by atomic mass is 9.85. The quantitative estimate of drug-likeness (QED) is 0.760. The van der Waals surface area contributed by atoms with Gasteiger partial charge in [0.05, 0.1) is 22.7 Å². The lowest BCUT2D eigenvalue weighted by Crippen LogP contribution is -2.47. The summed E-state index contributed by atoms with van der Waals surface area (Å²) in [6, 6.07) is 5.71. The van der Waals surface area contributed by atoms with Crippen molar-refractivity contribution < 1.29 is 14.0 Å². The Balaban J connectivity index is 1.94. The van der Waals surface area contributed by atoms with E-state index < -0.39 is 11.4 Å². The van der Waals surface area contributed by atoms with Gasteiger partial charge in [-0.25, -0.2) is 14.4 Å². The average molecular weight is 404 g/mol. The van der Waals surface area contributed by atoms with Crippen LogP contribution in [-0.2, 0) is 16.8 Å². The number of guanidine groups is 1. The first-order chi connectivity index (χ1) is 13.1. The first kappa shape index (κ1) is 19.8. The van der Waals surface area contributed by atoms with Crippen molar-refractivity contribution in [1.82, 2.24) is 9.88 Å². The maximum absolute atomic E-state index is 14.6. The van der Waals surface area contributed by atoms with Crippen LogP contribution in [0.25, 0.3) is 0 Å². The van der Waals surface area contributed by atoms with E-state index in [1.165, 1.54) is 42.4 Å². The zero-order chi connectivity index (χ0) is 20.6. The fourth-order valence-electron chi connectivity index (χ4n) is 3.12. The molecule has 0 radical (unpaired) electrons. The number of hydrogen-bond donors (Lipinski definition) is 2. The van der Waals surface area contributed by atoms with Gasteiger partial charge >= 0.3 is 0 Å². The van der Waals surface area contributed by atoms with Gasteiger partial charge in [0.2, 0.25) is 5.91 Å². The van der Waals surface area contributed by atoms with E-state index in [1.54, 1.807) is 6.92 Å². The lowest BCUT2D eigenvalue weighted by Gasteiger charge is -2.34. The van der Waals surface area contributed by atoms with E-state index >= 15 is 0 Å². The highest BCUT2D eigenvalue weighted by atomic mass is 35.5. The van der Waals surface area contributed by atoms with Gasteiger partial charge < -0.3 is 11.5 Å². The monoisotopic (exact) mass is 403 g/mol. The number of nitrogen functional groups attached to an aromatic ring is 1. The summed E-state index contributed by atoms with van der Waals surface area (Å²) < 4.78 is 14.6. The molecule has 9 heteroatoms. The number of hydrogen-bond acceptors (Lipinski definition) is 6. The standard InChI is InChI=1S/C19H19ClFN5O2/c1-19(8-16(28)26(2)18(23)25-19)12-5-10(3-4-13(12)21)6-15(27)17-14(22)7-11(20)9-24-17/h3-5,7,9H,6,8,22H2,1-2H3,(H2,23,25). The molecule has 1 aromatic carbocycles. The Kier molecular flexibility index (Phi) is 5.08. The SMILES string of the molecule is CN1C(=O)CC(C)(c2cc(CC(=O)c3ncc(Cl)cc3N)ccc2F)N=C1N. The molecule has 0 bridgehead atoms. The van der Waals surface area contributed by atoms with Crippen LogP contribution in [0.4, 0.5) is 10.1 Å². The first-order valence-corrected chi connectivity index (χ1v) is 8.83. The summed E-state index contributed by atoms with van der Waals surface area (Å²) in [5.41, 5.74) is 11.5. The van der Waals surface area contributed by atoms with Crippen molar-refractivity contribution in [1.29, 1.82) is 0 Å². The van der Waals surface area contributed by atoms with Crippen molar-refractivity contribution in [2.45, 2.75) is 25.3 Å². The second-order valence-electron chi connectivity index (χ2n) is 6.88. The highest BCUT2D eigenvalue weighted by molar-refractivity contribution is 6.30. The number of nitrogens with two attached hydrogens (primary N) is 2. The molecule has 0 aliphatic carbocycles. The molecule has 146 valence electrons. The van der Waals surface area contributed by atoms with Gasteiger partial charge in [-0.1, -0.05) is 17.7 Å². The molecular formula is C19H19ClFN5O2. The second-order valence-corrected chi connectivity index (χ2v) is 7.32. The number of ketones is 1. The smallest absolute Gasteiger partial charge is 0.231 e. The van der Waals surface area contributed by atoms with Gasteiger partial charge in [0, 0.05) is 25.2 Å². The molecular weight excluding hydrogens is 385 g/mol. The van der Waals surface area contributed by atoms with Crippen LogP contribution in [0.1, 0.15) is 35.0 Å². The average Bonchev–Trinajstić information content (AvgIpc) is 2.61. The summed E-state index contributed by atoms with van der Waals surface area (Å²) >= 11 is 5.81. The molecule has 3 rings (SSSR count). The van der Waals surface area contributed by atoms with Crippen LogP contribution in [0.2, 0.25) is 5.02 Å². The number of rotatable bonds is 4. The molecule has 2 aromatic rings. The predicted octanol–water partition coefficient (Wildman–Crippen LogP) is 2.27. The molecule has 1 amide bonds. The molecule has 1 aliphatic heterocycles. The summed E-state index contributed by atoms with van der Waals surface area (Å²) in [5, 5.41) is 0.327. The number of nitrogens with zero attached hydrogens (tertiary/aromatic N) is 3. The number of benzene rings is 1. The number of anilines is 1. The van der Waals surface area contributed by atoms with Crippen molar-refractivity contribution in [3.05, 3.63) is 58.1 Å². The molecule has 1 aromatic heterocycles. The normalized spacial score (nSPS) is 19.5. The van der Waals surface area contributed by atoms with Gasteiger partial charge in [0.15, 0.2) is 11.7 Å². The number of aromatic nitrogens is 1. The molecule has 0 spiro atoms. The Morgan fingerprint density at radius 3 is 2.71 bits per heavy atom. The molecule has 28 heavy (non-hydrogen) atoms. The first-order valence-electron chi connectivity index (χ1n) is 8.46. The van der Waals surface area contributed by atoms with Gasteiger partial charge in [-0.15, -0.1) is 0 Å². The summed E-state index contributed by atoms with van der Waals surface area (Å²) in [6.45, 7) is 1.63. The van der Waals surface area contributed by atoms with Crippen molar-refractivity contribution in [3.8, 4) is 0 Å². The fourth-order valence-corrected chi connectivity index (χ4v) is 3.28. The summed E-state index contributed by atoms with van der Waals surface area (Å²) in [7, 11) is 1.51. The summed E-state index contributed by atoms with van der Waals surface area (Å²) in [4.78, 5) is 34.2. The van der Waals surface area contributed by atoms with Crippen molar-refractivity contribution in [2.75, 3.05) is 12.8 Å². The van der Waals surface area contributed by atoms with E-state index in [0.717, 1.165) is 0 Å². The summed E-state index contributed by atoms with van der Waals surface area (Å²) in [6.07, 6.45) is 1.25. The molecule has 0 saturated carbocycles. The van der Waals surface area contributed by atoms with Gasteiger partial charge in [0.25, 0.3) is 0 Å². The van der Waals surface area contributed by atoms with Gasteiger partial charge in [-0.05, 0) is 30.7 Å². The van der Waals surface area contributed by atoms with E-state index in [4.69, 9.17) is 23.1 Å². The minimum atomic E-state index is -1.16. The highest BCUT2D eigenvalue weighted by Crippen LogP contribution is 2.35. The van der Waals surface area contributed by atoms with E-state index in [1.807, 2.05) is 0 Å². The van der Waals surface area contributed by atoms with E-state index in [2.05, 4.69) is 9.98 Å². The van der Waals surface area contributed by atoms with E-state index in [-0.39, 0.29) is 47.4 Å². The molecule has 7 nitrogen and oxygen atoms in total. The van der Waals surface area contributed by atoms with Gasteiger partial charge in [-0.2, -0.15) is 0 Å². The second kappa shape index (κ2) is 7.20. The Hall–Kier alpha value is -3.00. The number of carbonyl (C=O) groups excluding carboxylic acids is 2. The van der Waals surface area contributed by atoms with Crippen LogP contribution < -0.4 is 11.5 Å². The number of halogens is 2. The van der Waals surface area contributed by atoms with Crippen molar-refractivity contribution >= 4 is 34.9 Å². The van der Waals surface area contributed by atoms with E-state index in [0.29, 0.717) is 10.6 Å². The predicted molar refractivity (Wildman–Crippen MR) is 104 cm³/mol. The highest BCUT2D eigenvalue weighted by Gasteiger charge is 2.38. The van der Waals surface area contributed by atoms with Gasteiger partial charge in [0.1, 0.15) is 11.5 Å². The number of pyridine rings is 1. The van der Waals surface area contributed by atoms with Crippen LogP contribution in [0.3, 0.4) is 0 Å². The lowest BCUT2D eigenvalue weighted by molar-refractivity contribution is -0.128. The Morgan fingerprint density at radius 2 is 2.07 bits per heavy atom. The third-order valence-electron chi connectivity index (χ3n) is 4.70. The van der Waals surface area contributed by atoms with Crippen LogP contribution >= 0.6 is 11.6 Å². The zero-order valence-electron chi connectivity index (χ0n) is 15.4.